The summed E-state index contributed by atoms with van der Waals surface area (Å²) in [7, 11) is 5.81. The van der Waals surface area contributed by atoms with Crippen LogP contribution < -0.4 is 29.2 Å². The molecule has 0 saturated carbocycles. The van der Waals surface area contributed by atoms with E-state index in [4.69, 9.17) is 18.9 Å². The Morgan fingerprint density at radius 1 is 0.867 bits per heavy atom. The number of ether oxygens (including phenoxy) is 4. The molecule has 30 heavy (non-hydrogen) atoms. The molecule has 1 heterocycles. The molecule has 1 saturated heterocycles. The second-order valence-corrected chi connectivity index (χ2v) is 6.08. The Hall–Kier alpha value is -4.01. The van der Waals surface area contributed by atoms with Crippen LogP contribution in [0.15, 0.2) is 42.0 Å². The maximum absolute atomic E-state index is 13.1. The molecule has 2 aromatic rings. The van der Waals surface area contributed by atoms with Crippen LogP contribution in [0.25, 0.3) is 6.08 Å². The highest BCUT2D eigenvalue weighted by molar-refractivity contribution is 6.39. The van der Waals surface area contributed by atoms with Crippen LogP contribution in [-0.2, 0) is 9.59 Å². The maximum Gasteiger partial charge on any atom is 0.335 e. The summed E-state index contributed by atoms with van der Waals surface area (Å²) in [6, 6.07) is 8.75. The topological polar surface area (TPSA) is 103 Å². The Bertz CT molecular complexity index is 1050. The number of amides is 4. The van der Waals surface area contributed by atoms with E-state index in [1.807, 2.05) is 0 Å². The van der Waals surface area contributed by atoms with Crippen molar-refractivity contribution in [2.75, 3.05) is 33.3 Å². The summed E-state index contributed by atoms with van der Waals surface area (Å²) in [5, 5.41) is 2.18. The van der Waals surface area contributed by atoms with Gasteiger partial charge in [0.05, 0.1) is 34.1 Å². The van der Waals surface area contributed by atoms with Gasteiger partial charge in [-0.25, -0.2) is 9.69 Å². The number of carbonyl (C=O) groups is 3. The number of benzene rings is 2. The van der Waals surface area contributed by atoms with E-state index in [-0.39, 0.29) is 17.0 Å². The molecule has 156 valence electrons. The number of hydrogen-bond acceptors (Lipinski definition) is 7. The normalized spacial score (nSPS) is 15.1. The summed E-state index contributed by atoms with van der Waals surface area (Å²) in [5.41, 5.74) is 0.408. The summed E-state index contributed by atoms with van der Waals surface area (Å²) >= 11 is 0. The first kappa shape index (κ1) is 20.7. The third kappa shape index (κ3) is 3.64. The van der Waals surface area contributed by atoms with E-state index < -0.39 is 17.8 Å². The van der Waals surface area contributed by atoms with Crippen LogP contribution >= 0.6 is 0 Å². The molecule has 1 aliphatic rings. The van der Waals surface area contributed by atoms with Crippen LogP contribution in [0.5, 0.6) is 23.0 Å². The monoisotopic (exact) mass is 412 g/mol. The van der Waals surface area contributed by atoms with Gasteiger partial charge < -0.3 is 18.9 Å². The van der Waals surface area contributed by atoms with Crippen LogP contribution in [-0.4, -0.2) is 46.3 Å². The number of hydrogen-bond donors (Lipinski definition) is 1. The van der Waals surface area contributed by atoms with E-state index in [0.717, 1.165) is 4.90 Å². The van der Waals surface area contributed by atoms with E-state index in [1.54, 1.807) is 30.3 Å². The van der Waals surface area contributed by atoms with Gasteiger partial charge in [0.15, 0.2) is 11.5 Å². The Morgan fingerprint density at radius 2 is 1.60 bits per heavy atom. The van der Waals surface area contributed by atoms with Crippen molar-refractivity contribution in [1.29, 1.82) is 0 Å². The second-order valence-electron chi connectivity index (χ2n) is 6.08. The fourth-order valence-electron chi connectivity index (χ4n) is 3.04. The maximum atomic E-state index is 13.1. The van der Waals surface area contributed by atoms with E-state index in [9.17, 15) is 14.4 Å². The van der Waals surface area contributed by atoms with Crippen molar-refractivity contribution in [1.82, 2.24) is 5.32 Å². The molecule has 0 aliphatic carbocycles. The summed E-state index contributed by atoms with van der Waals surface area (Å²) in [6.45, 7) is 0. The number of methoxy groups -OCH3 is 4. The first-order valence-electron chi connectivity index (χ1n) is 8.79. The van der Waals surface area contributed by atoms with Crippen LogP contribution in [0.2, 0.25) is 0 Å². The van der Waals surface area contributed by atoms with Gasteiger partial charge in [-0.15, -0.1) is 0 Å². The molecular formula is C21H20N2O7. The van der Waals surface area contributed by atoms with E-state index >= 15 is 0 Å². The lowest BCUT2D eigenvalue weighted by atomic mass is 10.0. The summed E-state index contributed by atoms with van der Waals surface area (Å²) in [6.07, 6.45) is 1.33. The molecule has 0 unspecified atom stereocenters. The molecule has 1 N–H and O–H groups in total. The molecule has 9 nitrogen and oxygen atoms in total. The number of rotatable bonds is 6. The Labute approximate surface area is 172 Å². The molecule has 0 bridgehead atoms. The van der Waals surface area contributed by atoms with Crippen molar-refractivity contribution in [3.63, 3.8) is 0 Å². The lowest BCUT2D eigenvalue weighted by molar-refractivity contribution is -0.122. The van der Waals surface area contributed by atoms with Gasteiger partial charge in [-0.2, -0.15) is 0 Å². The first-order chi connectivity index (χ1) is 14.4. The Kier molecular flexibility index (Phi) is 5.91. The minimum absolute atomic E-state index is 0.247. The van der Waals surface area contributed by atoms with Crippen LogP contribution in [0.3, 0.4) is 0 Å². The van der Waals surface area contributed by atoms with E-state index in [0.29, 0.717) is 22.8 Å². The first-order valence-corrected chi connectivity index (χ1v) is 8.79. The Morgan fingerprint density at radius 3 is 2.23 bits per heavy atom. The highest BCUT2D eigenvalue weighted by atomic mass is 16.5. The SMILES string of the molecule is COc1cccc(N2C(=O)NC(=O)/C(=C\c3ccc(OC)c(OC)c3OC)C2=O)c1. The quantitative estimate of drug-likeness (QED) is 0.574. The number of urea groups is 1. The van der Waals surface area contributed by atoms with Crippen LogP contribution in [0.1, 0.15) is 5.56 Å². The lowest BCUT2D eigenvalue weighted by Gasteiger charge is -2.26. The molecule has 1 aliphatic heterocycles. The van der Waals surface area contributed by atoms with E-state index in [2.05, 4.69) is 5.32 Å². The van der Waals surface area contributed by atoms with Gasteiger partial charge in [-0.1, -0.05) is 6.07 Å². The predicted molar refractivity (Wildman–Crippen MR) is 108 cm³/mol. The largest absolute Gasteiger partial charge is 0.497 e. The average molecular weight is 412 g/mol. The van der Waals surface area contributed by atoms with E-state index in [1.165, 1.54) is 40.6 Å². The van der Waals surface area contributed by atoms with Crippen molar-refractivity contribution in [3.8, 4) is 23.0 Å². The standard InChI is InChI=1S/C21H20N2O7/c1-27-14-7-5-6-13(11-14)23-20(25)15(19(24)22-21(23)26)10-12-8-9-16(28-2)18(30-4)17(12)29-3/h5-11H,1-4H3,(H,22,24,26)/b15-10+. The molecule has 0 atom stereocenters. The third-order valence-electron chi connectivity index (χ3n) is 4.45. The third-order valence-corrected chi connectivity index (χ3v) is 4.45. The van der Waals surface area contributed by atoms with Gasteiger partial charge in [-0.05, 0) is 30.3 Å². The minimum Gasteiger partial charge on any atom is -0.497 e. The summed E-state index contributed by atoms with van der Waals surface area (Å²) < 4.78 is 21.1. The molecule has 1 fully saturated rings. The number of nitrogens with one attached hydrogen (secondary N) is 1. The molecule has 4 amide bonds. The second kappa shape index (κ2) is 8.56. The van der Waals surface area contributed by atoms with Gasteiger partial charge in [0.2, 0.25) is 5.75 Å². The fraction of sp³-hybridized carbons (Fsp3) is 0.190. The fourth-order valence-corrected chi connectivity index (χ4v) is 3.04. The molecule has 0 aromatic heterocycles. The number of barbiturate groups is 1. The van der Waals surface area contributed by atoms with Gasteiger partial charge >= 0.3 is 6.03 Å². The number of imide groups is 2. The van der Waals surface area contributed by atoms with Crippen molar-refractivity contribution >= 4 is 29.6 Å². The number of carbonyl (C=O) groups excluding carboxylic acids is 3. The molecule has 0 spiro atoms. The number of anilines is 1. The molecular weight excluding hydrogens is 392 g/mol. The van der Waals surface area contributed by atoms with Gasteiger partial charge in [-0.3, -0.25) is 14.9 Å². The predicted octanol–water partition coefficient (Wildman–Crippen LogP) is 2.39. The highest BCUT2D eigenvalue weighted by Crippen LogP contribution is 2.40. The van der Waals surface area contributed by atoms with Crippen molar-refractivity contribution in [2.24, 2.45) is 0 Å². The molecule has 2 aromatic carbocycles. The van der Waals surface area contributed by atoms with Gasteiger partial charge in [0.1, 0.15) is 11.3 Å². The van der Waals surface area contributed by atoms with Crippen LogP contribution in [0.4, 0.5) is 10.5 Å². The van der Waals surface area contributed by atoms with Crippen molar-refractivity contribution < 1.29 is 33.3 Å². The zero-order chi connectivity index (χ0) is 21.8. The smallest absolute Gasteiger partial charge is 0.335 e. The lowest BCUT2D eigenvalue weighted by Crippen LogP contribution is -2.54. The zero-order valence-corrected chi connectivity index (χ0v) is 16.8. The molecule has 3 rings (SSSR count). The molecule has 0 radical (unpaired) electrons. The molecule has 9 heteroatoms. The average Bonchev–Trinajstić information content (AvgIpc) is 2.75. The van der Waals surface area contributed by atoms with Gasteiger partial charge in [0.25, 0.3) is 11.8 Å². The van der Waals surface area contributed by atoms with Crippen LogP contribution in [0, 0.1) is 0 Å². The van der Waals surface area contributed by atoms with Gasteiger partial charge in [0, 0.05) is 11.6 Å². The Balaban J connectivity index is 2.09. The number of nitrogens with zero attached hydrogens (tertiary/aromatic N) is 1. The minimum atomic E-state index is -0.852. The van der Waals surface area contributed by atoms with Crippen molar-refractivity contribution in [3.05, 3.63) is 47.5 Å². The summed E-state index contributed by atoms with van der Waals surface area (Å²) in [4.78, 5) is 38.7. The zero-order valence-electron chi connectivity index (χ0n) is 16.8. The van der Waals surface area contributed by atoms with Crippen molar-refractivity contribution in [2.45, 2.75) is 0 Å². The highest BCUT2D eigenvalue weighted by Gasteiger charge is 2.37. The summed E-state index contributed by atoms with van der Waals surface area (Å²) in [5.74, 6) is -0.149.